The highest BCUT2D eigenvalue weighted by Gasteiger charge is 2.45. The zero-order chi connectivity index (χ0) is 27.1. The Morgan fingerprint density at radius 1 is 0.897 bits per heavy atom. The van der Waals surface area contributed by atoms with E-state index in [1.165, 1.54) is 28.4 Å². The Bertz CT molecular complexity index is 1570. The molecule has 0 spiro atoms. The summed E-state index contributed by atoms with van der Waals surface area (Å²) in [5.41, 5.74) is 3.67. The van der Waals surface area contributed by atoms with Gasteiger partial charge < -0.3 is 15.1 Å². The minimum Gasteiger partial charge on any atom is -0.508 e. The van der Waals surface area contributed by atoms with Gasteiger partial charge in [-0.3, -0.25) is 14.5 Å². The number of aromatic hydroxyl groups is 1. The number of aliphatic hydroxyl groups is 1. The van der Waals surface area contributed by atoms with Crippen molar-refractivity contribution in [2.45, 2.75) is 25.8 Å². The molecule has 0 bridgehead atoms. The van der Waals surface area contributed by atoms with Crippen LogP contribution in [0, 0.1) is 6.92 Å². The van der Waals surface area contributed by atoms with Crippen molar-refractivity contribution in [2.75, 3.05) is 22.9 Å². The van der Waals surface area contributed by atoms with E-state index in [9.17, 15) is 19.8 Å². The van der Waals surface area contributed by atoms with Crippen LogP contribution in [-0.4, -0.2) is 40.0 Å². The first-order valence-electron chi connectivity index (χ1n) is 12.9. The summed E-state index contributed by atoms with van der Waals surface area (Å²) in [7, 11) is 0. The van der Waals surface area contributed by atoms with E-state index in [1.807, 2.05) is 54.6 Å². The number of ketones is 1. The number of amides is 1. The summed E-state index contributed by atoms with van der Waals surface area (Å²) in [6.07, 6.45) is 2.31. The van der Waals surface area contributed by atoms with Gasteiger partial charge >= 0.3 is 0 Å². The highest BCUT2D eigenvalue weighted by molar-refractivity contribution is 7.17. The lowest BCUT2D eigenvalue weighted by atomic mass is 9.94. The Kier molecular flexibility index (Phi) is 6.40. The predicted octanol–water partition coefficient (Wildman–Crippen LogP) is 6.21. The number of thiazole rings is 1. The summed E-state index contributed by atoms with van der Waals surface area (Å²) in [5.74, 6) is -1.59. The zero-order valence-electron chi connectivity index (χ0n) is 21.4. The van der Waals surface area contributed by atoms with Gasteiger partial charge in [0.2, 0.25) is 5.78 Å². The predicted molar refractivity (Wildman–Crippen MR) is 152 cm³/mol. The summed E-state index contributed by atoms with van der Waals surface area (Å²) >= 11 is 1.24. The van der Waals surface area contributed by atoms with Crippen molar-refractivity contribution in [3.8, 4) is 16.3 Å². The fourth-order valence-electron chi connectivity index (χ4n) is 5.31. The Labute approximate surface area is 230 Å². The van der Waals surface area contributed by atoms with Gasteiger partial charge in [-0.2, -0.15) is 0 Å². The topological polar surface area (TPSA) is 94.0 Å². The maximum Gasteiger partial charge on any atom is 0.294 e. The highest BCUT2D eigenvalue weighted by Crippen LogP contribution is 2.44. The van der Waals surface area contributed by atoms with E-state index in [4.69, 9.17) is 0 Å². The maximum atomic E-state index is 14.0. The largest absolute Gasteiger partial charge is 0.508 e. The normalized spacial score (nSPS) is 17.4. The minimum atomic E-state index is -0.870. The molecule has 2 aliphatic rings. The van der Waals surface area contributed by atoms with Crippen molar-refractivity contribution in [3.63, 3.8) is 0 Å². The molecular weight excluding hydrogens is 510 g/mol. The molecule has 1 aromatic heterocycles. The fraction of sp³-hybridized carbons (Fsp3) is 0.194. The molecule has 0 aliphatic carbocycles. The number of hydrogen-bond donors (Lipinski definition) is 2. The Hall–Kier alpha value is -4.43. The smallest absolute Gasteiger partial charge is 0.294 e. The molecule has 6 rings (SSSR count). The molecule has 1 unspecified atom stereocenters. The van der Waals surface area contributed by atoms with Gasteiger partial charge in [-0.05, 0) is 61.7 Å². The van der Waals surface area contributed by atoms with Crippen LogP contribution in [0.4, 0.5) is 11.4 Å². The lowest BCUT2D eigenvalue weighted by molar-refractivity contribution is -0.117. The molecule has 1 saturated heterocycles. The van der Waals surface area contributed by atoms with Gasteiger partial charge in [0.25, 0.3) is 5.91 Å². The third kappa shape index (κ3) is 4.46. The number of aromatic nitrogens is 1. The average molecular weight is 538 g/mol. The van der Waals surface area contributed by atoms with E-state index in [1.54, 1.807) is 19.1 Å². The Morgan fingerprint density at radius 3 is 2.21 bits per heavy atom. The van der Waals surface area contributed by atoms with E-state index in [2.05, 4.69) is 9.88 Å². The summed E-state index contributed by atoms with van der Waals surface area (Å²) in [6.45, 7) is 3.76. The molecular formula is C31H27N3O4S. The molecule has 1 amide bonds. The molecule has 196 valence electrons. The molecule has 8 heteroatoms. The molecule has 7 nitrogen and oxygen atoms in total. The van der Waals surface area contributed by atoms with Crippen LogP contribution in [0.5, 0.6) is 5.75 Å². The fourth-order valence-corrected chi connectivity index (χ4v) is 6.33. The van der Waals surface area contributed by atoms with Gasteiger partial charge in [0, 0.05) is 30.0 Å². The van der Waals surface area contributed by atoms with Gasteiger partial charge in [-0.25, -0.2) is 4.98 Å². The number of rotatable bonds is 6. The number of nitrogens with zero attached hydrogens (tertiary/aromatic N) is 3. The van der Waals surface area contributed by atoms with Crippen LogP contribution in [0.15, 0.2) is 90.2 Å². The van der Waals surface area contributed by atoms with Crippen molar-refractivity contribution < 1.29 is 19.8 Å². The second-order valence-corrected chi connectivity index (χ2v) is 10.8. The van der Waals surface area contributed by atoms with Gasteiger partial charge in [-0.1, -0.05) is 42.5 Å². The van der Waals surface area contributed by atoms with Gasteiger partial charge in [0.1, 0.15) is 10.8 Å². The lowest BCUT2D eigenvalue weighted by Gasteiger charge is -2.27. The number of aryl methyl sites for hydroxylation is 1. The van der Waals surface area contributed by atoms with E-state index < -0.39 is 23.5 Å². The van der Waals surface area contributed by atoms with Crippen LogP contribution in [-0.2, 0) is 4.79 Å². The monoisotopic (exact) mass is 537 g/mol. The number of phenolic OH excluding ortho intramolecular Hbond substituents is 1. The Balaban J connectivity index is 1.41. The van der Waals surface area contributed by atoms with Crippen LogP contribution in [0.1, 0.15) is 39.8 Å². The molecule has 4 aromatic rings. The average Bonchev–Trinajstić information content (AvgIpc) is 3.69. The SMILES string of the molecule is Cc1nc(-c2ccccc2)sc1C(=O)C1=C(O)C(=O)N(c2ccc(N3CCCC3)cc2)C1c1ccc(O)cc1. The molecule has 2 N–H and O–H groups in total. The van der Waals surface area contributed by atoms with E-state index in [-0.39, 0.29) is 11.3 Å². The Morgan fingerprint density at radius 2 is 1.54 bits per heavy atom. The lowest BCUT2D eigenvalue weighted by Crippen LogP contribution is -2.31. The number of phenols is 1. The maximum absolute atomic E-state index is 14.0. The molecule has 3 heterocycles. The van der Waals surface area contributed by atoms with Crippen molar-refractivity contribution in [2.24, 2.45) is 0 Å². The number of carbonyl (C=O) groups excluding carboxylic acids is 2. The van der Waals surface area contributed by atoms with E-state index in [0.29, 0.717) is 26.8 Å². The van der Waals surface area contributed by atoms with E-state index in [0.717, 1.165) is 37.2 Å². The first kappa shape index (κ1) is 24.9. The van der Waals surface area contributed by atoms with Crippen molar-refractivity contribution >= 4 is 34.4 Å². The van der Waals surface area contributed by atoms with Crippen molar-refractivity contribution in [3.05, 3.63) is 106 Å². The molecule has 2 aliphatic heterocycles. The first-order chi connectivity index (χ1) is 18.9. The van der Waals surface area contributed by atoms with Crippen LogP contribution in [0.2, 0.25) is 0 Å². The van der Waals surface area contributed by atoms with Crippen LogP contribution in [0.3, 0.4) is 0 Å². The highest BCUT2D eigenvalue weighted by atomic mass is 32.1. The van der Waals surface area contributed by atoms with Gasteiger partial charge in [-0.15, -0.1) is 11.3 Å². The summed E-state index contributed by atoms with van der Waals surface area (Å²) < 4.78 is 0. The van der Waals surface area contributed by atoms with Crippen molar-refractivity contribution in [1.29, 1.82) is 0 Å². The standard InChI is InChI=1S/C31H27N3O4S/c1-19-29(39-30(32-19)21-7-3-2-4-8-21)27(36)25-26(20-9-15-24(35)16-10-20)34(31(38)28(25)37)23-13-11-22(12-14-23)33-17-5-6-18-33/h2-4,7-16,26,35,37H,5-6,17-18H2,1H3. The summed E-state index contributed by atoms with van der Waals surface area (Å²) in [5, 5.41) is 21.7. The van der Waals surface area contributed by atoms with Gasteiger partial charge in [0.15, 0.2) is 5.76 Å². The molecule has 39 heavy (non-hydrogen) atoms. The second kappa shape index (κ2) is 10.0. The molecule has 1 atom stereocenters. The quantitative estimate of drug-likeness (QED) is 0.284. The van der Waals surface area contributed by atoms with E-state index >= 15 is 0 Å². The molecule has 0 saturated carbocycles. The summed E-state index contributed by atoms with van der Waals surface area (Å²) in [4.78, 5) is 36.3. The zero-order valence-corrected chi connectivity index (χ0v) is 22.2. The molecule has 1 fully saturated rings. The van der Waals surface area contributed by atoms with Crippen LogP contribution in [0.25, 0.3) is 10.6 Å². The number of aliphatic hydroxyl groups excluding tert-OH is 1. The first-order valence-corrected chi connectivity index (χ1v) is 13.7. The minimum absolute atomic E-state index is 0.000621. The number of Topliss-reactive ketones (excluding diaryl/α,β-unsaturated/α-hetero) is 1. The third-order valence-electron chi connectivity index (χ3n) is 7.28. The number of benzene rings is 3. The van der Waals surface area contributed by atoms with Crippen LogP contribution < -0.4 is 9.80 Å². The molecule has 3 aromatic carbocycles. The number of anilines is 2. The van der Waals surface area contributed by atoms with Crippen LogP contribution >= 0.6 is 11.3 Å². The third-order valence-corrected chi connectivity index (χ3v) is 8.49. The van der Waals surface area contributed by atoms with Crippen molar-refractivity contribution in [1.82, 2.24) is 4.98 Å². The summed E-state index contributed by atoms with van der Waals surface area (Å²) in [6, 6.07) is 22.7. The number of carbonyl (C=O) groups is 2. The van der Waals surface area contributed by atoms with Gasteiger partial charge in [0.05, 0.1) is 22.2 Å². The second-order valence-electron chi connectivity index (χ2n) is 9.77. The molecule has 0 radical (unpaired) electrons. The number of hydrogen-bond acceptors (Lipinski definition) is 7.